The SMILES string of the molecule is CC(C)(C)OC(=O)NC(CCC=[SH]Cc1ccccc1)C(=O)O. The molecule has 0 bridgehead atoms. The Morgan fingerprint density at radius 1 is 1.30 bits per heavy atom. The summed E-state index contributed by atoms with van der Waals surface area (Å²) in [4.78, 5) is 22.8. The fourth-order valence-corrected chi connectivity index (χ4v) is 2.68. The first-order valence-corrected chi connectivity index (χ1v) is 8.67. The van der Waals surface area contributed by atoms with Crippen LogP contribution in [0.4, 0.5) is 4.79 Å². The Kier molecular flexibility index (Phi) is 7.81. The smallest absolute Gasteiger partial charge is 0.408 e. The third-order valence-corrected chi connectivity index (χ3v) is 3.88. The largest absolute Gasteiger partial charge is 0.480 e. The van der Waals surface area contributed by atoms with Crippen molar-refractivity contribution in [2.75, 3.05) is 0 Å². The molecule has 6 heteroatoms. The summed E-state index contributed by atoms with van der Waals surface area (Å²) in [7, 11) is 0. The fourth-order valence-electron chi connectivity index (χ4n) is 1.79. The third kappa shape index (κ3) is 9.03. The van der Waals surface area contributed by atoms with Gasteiger partial charge >= 0.3 is 12.1 Å². The molecule has 0 saturated heterocycles. The topological polar surface area (TPSA) is 75.6 Å². The Morgan fingerprint density at radius 3 is 2.52 bits per heavy atom. The summed E-state index contributed by atoms with van der Waals surface area (Å²) in [6.07, 6.45) is 0.254. The first kappa shape index (κ1) is 19.2. The molecule has 23 heavy (non-hydrogen) atoms. The fraction of sp³-hybridized carbons (Fsp3) is 0.471. The lowest BCUT2D eigenvalue weighted by molar-refractivity contribution is -0.139. The van der Waals surface area contributed by atoms with E-state index in [0.717, 1.165) is 17.1 Å². The molecule has 128 valence electrons. The number of benzene rings is 1. The molecule has 1 rings (SSSR count). The second-order valence-electron chi connectivity index (χ2n) is 6.12. The summed E-state index contributed by atoms with van der Waals surface area (Å²) in [6.45, 7) is 5.20. The van der Waals surface area contributed by atoms with Gasteiger partial charge in [0.05, 0.1) is 0 Å². The molecule has 1 aromatic rings. The van der Waals surface area contributed by atoms with Crippen molar-refractivity contribution in [3.63, 3.8) is 0 Å². The number of carboxylic acids is 1. The minimum absolute atomic E-state index is 0.344. The van der Waals surface area contributed by atoms with E-state index in [9.17, 15) is 9.59 Å². The molecule has 1 amide bonds. The maximum Gasteiger partial charge on any atom is 0.408 e. The minimum Gasteiger partial charge on any atom is -0.480 e. The van der Waals surface area contributed by atoms with Crippen LogP contribution in [-0.2, 0) is 15.3 Å². The number of thiol groups is 1. The number of ether oxygens (including phenoxy) is 1. The number of amides is 1. The molecule has 0 spiro atoms. The normalized spacial score (nSPS) is 13.2. The van der Waals surface area contributed by atoms with Crippen molar-refractivity contribution in [1.29, 1.82) is 0 Å². The van der Waals surface area contributed by atoms with Gasteiger partial charge in [-0.2, -0.15) is 11.4 Å². The number of rotatable bonds is 7. The molecule has 1 unspecified atom stereocenters. The first-order chi connectivity index (χ1) is 10.8. The van der Waals surface area contributed by atoms with E-state index in [1.165, 1.54) is 5.56 Å². The number of alkyl carbamates (subject to hydrolysis) is 1. The van der Waals surface area contributed by atoms with Crippen LogP contribution < -0.4 is 5.32 Å². The van der Waals surface area contributed by atoms with E-state index in [1.807, 2.05) is 23.6 Å². The van der Waals surface area contributed by atoms with Gasteiger partial charge in [-0.15, -0.1) is 0 Å². The van der Waals surface area contributed by atoms with Crippen LogP contribution in [0.15, 0.2) is 30.3 Å². The van der Waals surface area contributed by atoms with Gasteiger partial charge in [-0.25, -0.2) is 9.59 Å². The lowest BCUT2D eigenvalue weighted by Gasteiger charge is -2.21. The Labute approximate surface area is 141 Å². The lowest BCUT2D eigenvalue weighted by atomic mass is 10.2. The van der Waals surface area contributed by atoms with Crippen molar-refractivity contribution in [2.24, 2.45) is 0 Å². The molecule has 0 aliphatic rings. The number of carboxylic acid groups (broad SMARTS) is 1. The van der Waals surface area contributed by atoms with Gasteiger partial charge < -0.3 is 15.2 Å². The maximum atomic E-state index is 11.6. The first-order valence-electron chi connectivity index (χ1n) is 7.52. The number of nitrogens with one attached hydrogen (secondary N) is 1. The molecule has 0 aliphatic carbocycles. The van der Waals surface area contributed by atoms with Crippen LogP contribution in [0.25, 0.3) is 0 Å². The van der Waals surface area contributed by atoms with Gasteiger partial charge in [0.2, 0.25) is 0 Å². The zero-order valence-corrected chi connectivity index (χ0v) is 14.7. The second kappa shape index (κ2) is 9.35. The molecule has 0 fully saturated rings. The molecule has 5 nitrogen and oxygen atoms in total. The number of carbonyl (C=O) groups is 2. The lowest BCUT2D eigenvalue weighted by Crippen LogP contribution is -2.43. The Balaban J connectivity index is 2.38. The van der Waals surface area contributed by atoms with Crippen LogP contribution in [-0.4, -0.2) is 34.2 Å². The van der Waals surface area contributed by atoms with Crippen LogP contribution in [0.5, 0.6) is 0 Å². The van der Waals surface area contributed by atoms with Gasteiger partial charge in [-0.05, 0) is 39.2 Å². The van der Waals surface area contributed by atoms with Gasteiger partial charge in [0.25, 0.3) is 0 Å². The Morgan fingerprint density at radius 2 is 1.96 bits per heavy atom. The summed E-state index contributed by atoms with van der Waals surface area (Å²) in [5.74, 6) is -0.151. The standard InChI is InChI=1S/C17H25NO4S/c1-17(2,3)22-16(21)18-14(15(19)20)10-7-11-23-12-13-8-5-4-6-9-13/h4-6,8-9,11,14,23H,7,10,12H2,1-3H3,(H,18,21)(H,19,20). The average Bonchev–Trinajstić information content (AvgIpc) is 2.44. The van der Waals surface area contributed by atoms with E-state index < -0.39 is 23.7 Å². The van der Waals surface area contributed by atoms with Crippen molar-refractivity contribution in [3.8, 4) is 0 Å². The van der Waals surface area contributed by atoms with Gasteiger partial charge in [0.15, 0.2) is 0 Å². The molecular weight excluding hydrogens is 314 g/mol. The van der Waals surface area contributed by atoms with Gasteiger partial charge in [-0.1, -0.05) is 35.7 Å². The second-order valence-corrected chi connectivity index (χ2v) is 7.17. The van der Waals surface area contributed by atoms with Crippen LogP contribution in [0.2, 0.25) is 0 Å². The quantitative estimate of drug-likeness (QED) is 0.527. The van der Waals surface area contributed by atoms with E-state index in [2.05, 4.69) is 17.4 Å². The van der Waals surface area contributed by atoms with Crippen molar-refractivity contribution in [2.45, 2.75) is 51.0 Å². The molecule has 0 aromatic heterocycles. The molecule has 1 aromatic carbocycles. The Bertz CT molecular complexity index is 537. The highest BCUT2D eigenvalue weighted by Crippen LogP contribution is 2.09. The van der Waals surface area contributed by atoms with Gasteiger partial charge in [0.1, 0.15) is 11.6 Å². The van der Waals surface area contributed by atoms with E-state index in [-0.39, 0.29) is 0 Å². The van der Waals surface area contributed by atoms with Crippen LogP contribution in [0.1, 0.15) is 39.2 Å². The summed E-state index contributed by atoms with van der Waals surface area (Å²) in [5, 5.41) is 13.6. The number of carbonyl (C=O) groups excluding carboxylic acids is 1. The molecule has 0 heterocycles. The molecule has 0 saturated carbocycles. The molecule has 2 N–H and O–H groups in total. The maximum absolute atomic E-state index is 11.6. The zero-order valence-electron chi connectivity index (χ0n) is 13.8. The molecule has 0 radical (unpaired) electrons. The number of hydrogen-bond donors (Lipinski definition) is 3. The van der Waals surface area contributed by atoms with E-state index in [1.54, 1.807) is 20.8 Å². The minimum atomic E-state index is -1.05. The predicted molar refractivity (Wildman–Crippen MR) is 95.2 cm³/mol. The summed E-state index contributed by atoms with van der Waals surface area (Å²) in [5.41, 5.74) is 0.597. The van der Waals surface area contributed by atoms with Crippen LogP contribution >= 0.6 is 11.4 Å². The summed E-state index contributed by atoms with van der Waals surface area (Å²) >= 11 is 1.13. The van der Waals surface area contributed by atoms with Crippen molar-refractivity contribution in [3.05, 3.63) is 35.9 Å². The van der Waals surface area contributed by atoms with Crippen LogP contribution in [0.3, 0.4) is 0 Å². The van der Waals surface area contributed by atoms with E-state index in [4.69, 9.17) is 9.84 Å². The zero-order chi connectivity index (χ0) is 17.3. The Hall–Kier alpha value is -1.82. The van der Waals surface area contributed by atoms with Crippen molar-refractivity contribution in [1.82, 2.24) is 5.32 Å². The molecule has 1 atom stereocenters. The summed E-state index contributed by atoms with van der Waals surface area (Å²) in [6, 6.07) is 9.15. The summed E-state index contributed by atoms with van der Waals surface area (Å²) < 4.78 is 5.08. The van der Waals surface area contributed by atoms with Crippen molar-refractivity contribution >= 4 is 28.8 Å². The highest BCUT2D eigenvalue weighted by molar-refractivity contribution is 7.96. The monoisotopic (exact) mass is 339 g/mol. The van der Waals surface area contributed by atoms with Gasteiger partial charge in [0, 0.05) is 5.75 Å². The van der Waals surface area contributed by atoms with E-state index >= 15 is 0 Å². The predicted octanol–water partition coefficient (Wildman–Crippen LogP) is 3.21. The van der Waals surface area contributed by atoms with E-state index in [0.29, 0.717) is 12.8 Å². The third-order valence-electron chi connectivity index (χ3n) is 2.82. The van der Waals surface area contributed by atoms with Crippen molar-refractivity contribution < 1.29 is 19.4 Å². The molecule has 0 aliphatic heterocycles. The van der Waals surface area contributed by atoms with Gasteiger partial charge in [-0.3, -0.25) is 0 Å². The number of aliphatic carboxylic acids is 1. The average molecular weight is 339 g/mol. The highest BCUT2D eigenvalue weighted by atomic mass is 32.1. The highest BCUT2D eigenvalue weighted by Gasteiger charge is 2.23. The molecular formula is C17H25NO4S. The van der Waals surface area contributed by atoms with Crippen LogP contribution in [0, 0.1) is 0 Å². The number of hydrogen-bond acceptors (Lipinski definition) is 3.